The fourth-order valence-electron chi connectivity index (χ4n) is 3.11. The fraction of sp³-hybridized carbons (Fsp3) is 0.300. The molecule has 1 aliphatic heterocycles. The Kier molecular flexibility index (Phi) is 5.86. The molecule has 1 aliphatic rings. The third kappa shape index (κ3) is 4.21. The van der Waals surface area contributed by atoms with Crippen molar-refractivity contribution in [3.8, 4) is 5.75 Å². The van der Waals surface area contributed by atoms with E-state index in [2.05, 4.69) is 10.6 Å². The van der Waals surface area contributed by atoms with E-state index in [4.69, 9.17) is 4.74 Å². The Morgan fingerprint density at radius 1 is 1.12 bits per heavy atom. The van der Waals surface area contributed by atoms with E-state index < -0.39 is 12.1 Å². The number of rotatable bonds is 4. The number of ether oxygens (including phenoxy) is 1. The number of hydrogen-bond acceptors (Lipinski definition) is 4. The van der Waals surface area contributed by atoms with Gasteiger partial charge in [0.25, 0.3) is 0 Å². The van der Waals surface area contributed by atoms with E-state index in [9.17, 15) is 9.59 Å². The van der Waals surface area contributed by atoms with Crippen LogP contribution in [-0.2, 0) is 11.3 Å². The minimum absolute atomic E-state index is 0.346. The maximum atomic E-state index is 12.9. The summed E-state index contributed by atoms with van der Waals surface area (Å²) in [5.74, 6) is 0.493. The smallest absolute Gasteiger partial charge is 0.321 e. The van der Waals surface area contributed by atoms with Crippen molar-refractivity contribution in [2.24, 2.45) is 0 Å². The van der Waals surface area contributed by atoms with E-state index in [-0.39, 0.29) is 5.91 Å². The summed E-state index contributed by atoms with van der Waals surface area (Å²) in [6.45, 7) is 3.90. The summed E-state index contributed by atoms with van der Waals surface area (Å²) in [7, 11) is 0. The molecule has 2 N–H and O–H groups in total. The first kappa shape index (κ1) is 17.9. The molecule has 6 heteroatoms. The number of para-hydroxylation sites is 1. The lowest BCUT2D eigenvalue weighted by atomic mass is 10.0. The first-order valence-corrected chi connectivity index (χ1v) is 8.77. The number of hydrogen-bond donors (Lipinski definition) is 2. The molecule has 1 heterocycles. The van der Waals surface area contributed by atoms with Crippen LogP contribution < -0.4 is 15.4 Å². The SMILES string of the molecule is CCNC(=O)NC(=O)C(c1ccccc1)N1CCOc2ccccc2C1. The lowest BCUT2D eigenvalue weighted by molar-refractivity contribution is -0.125. The monoisotopic (exact) mass is 353 g/mol. The van der Waals surface area contributed by atoms with Crippen molar-refractivity contribution in [2.75, 3.05) is 19.7 Å². The van der Waals surface area contributed by atoms with E-state index in [1.165, 1.54) is 0 Å². The standard InChI is InChI=1S/C20H23N3O3/c1-2-21-20(25)22-19(24)18(15-8-4-3-5-9-15)23-12-13-26-17-11-7-6-10-16(17)14-23/h3-11,18H,2,12-14H2,1H3,(H2,21,22,24,25). The van der Waals surface area contributed by atoms with E-state index in [1.807, 2.05) is 66.4 Å². The second-order valence-corrected chi connectivity index (χ2v) is 6.09. The van der Waals surface area contributed by atoms with E-state index in [0.29, 0.717) is 26.2 Å². The van der Waals surface area contributed by atoms with Crippen molar-refractivity contribution in [1.29, 1.82) is 0 Å². The Morgan fingerprint density at radius 2 is 1.85 bits per heavy atom. The van der Waals surface area contributed by atoms with Crippen LogP contribution in [0.1, 0.15) is 24.1 Å². The molecule has 2 aromatic carbocycles. The zero-order valence-corrected chi connectivity index (χ0v) is 14.8. The zero-order valence-electron chi connectivity index (χ0n) is 14.8. The average Bonchev–Trinajstić information content (AvgIpc) is 2.85. The van der Waals surface area contributed by atoms with Crippen LogP contribution in [0.2, 0.25) is 0 Å². The van der Waals surface area contributed by atoms with Crippen LogP contribution in [-0.4, -0.2) is 36.5 Å². The van der Waals surface area contributed by atoms with Crippen molar-refractivity contribution in [1.82, 2.24) is 15.5 Å². The molecule has 0 radical (unpaired) electrons. The van der Waals surface area contributed by atoms with Crippen molar-refractivity contribution < 1.29 is 14.3 Å². The van der Waals surface area contributed by atoms with E-state index in [0.717, 1.165) is 16.9 Å². The number of benzene rings is 2. The van der Waals surface area contributed by atoms with Gasteiger partial charge in [-0.2, -0.15) is 0 Å². The van der Waals surface area contributed by atoms with Gasteiger partial charge in [-0.15, -0.1) is 0 Å². The second kappa shape index (κ2) is 8.49. The van der Waals surface area contributed by atoms with Gasteiger partial charge in [0.05, 0.1) is 0 Å². The van der Waals surface area contributed by atoms with Gasteiger partial charge >= 0.3 is 6.03 Å². The highest BCUT2D eigenvalue weighted by atomic mass is 16.5. The minimum atomic E-state index is -0.575. The number of carbonyl (C=O) groups excluding carboxylic acids is 2. The van der Waals surface area contributed by atoms with Gasteiger partial charge in [0.2, 0.25) is 5.91 Å². The van der Waals surface area contributed by atoms with Gasteiger partial charge in [0.1, 0.15) is 18.4 Å². The average molecular weight is 353 g/mol. The Hall–Kier alpha value is -2.86. The molecule has 1 unspecified atom stereocenters. The number of nitrogens with zero attached hydrogens (tertiary/aromatic N) is 1. The number of nitrogens with one attached hydrogen (secondary N) is 2. The Balaban J connectivity index is 1.88. The molecular weight excluding hydrogens is 330 g/mol. The highest BCUT2D eigenvalue weighted by Gasteiger charge is 2.30. The molecule has 0 aliphatic carbocycles. The highest BCUT2D eigenvalue weighted by molar-refractivity contribution is 5.97. The van der Waals surface area contributed by atoms with Crippen LogP contribution in [0.4, 0.5) is 4.79 Å². The van der Waals surface area contributed by atoms with Gasteiger partial charge in [-0.05, 0) is 18.6 Å². The van der Waals surface area contributed by atoms with Gasteiger partial charge in [0.15, 0.2) is 0 Å². The number of fused-ring (bicyclic) bond motifs is 1. The minimum Gasteiger partial charge on any atom is -0.492 e. The number of imide groups is 1. The summed E-state index contributed by atoms with van der Waals surface area (Å²) in [6.07, 6.45) is 0. The lowest BCUT2D eigenvalue weighted by Gasteiger charge is -2.29. The van der Waals surface area contributed by atoms with Crippen LogP contribution in [0.3, 0.4) is 0 Å². The van der Waals surface area contributed by atoms with Gasteiger partial charge < -0.3 is 10.1 Å². The largest absolute Gasteiger partial charge is 0.492 e. The van der Waals surface area contributed by atoms with Gasteiger partial charge in [0, 0.05) is 25.2 Å². The molecular formula is C20H23N3O3. The molecule has 0 saturated carbocycles. The predicted molar refractivity (Wildman–Crippen MR) is 98.7 cm³/mol. The third-order valence-corrected chi connectivity index (χ3v) is 4.28. The summed E-state index contributed by atoms with van der Waals surface area (Å²) in [5, 5.41) is 5.05. The lowest BCUT2D eigenvalue weighted by Crippen LogP contribution is -2.46. The molecule has 136 valence electrons. The maximum absolute atomic E-state index is 12.9. The molecule has 0 spiro atoms. The number of urea groups is 1. The predicted octanol–water partition coefficient (Wildman–Crippen LogP) is 2.47. The summed E-state index contributed by atoms with van der Waals surface area (Å²) in [4.78, 5) is 26.8. The van der Waals surface area contributed by atoms with Crippen molar-refractivity contribution in [3.63, 3.8) is 0 Å². The van der Waals surface area contributed by atoms with Gasteiger partial charge in [-0.1, -0.05) is 48.5 Å². The highest BCUT2D eigenvalue weighted by Crippen LogP contribution is 2.28. The molecule has 26 heavy (non-hydrogen) atoms. The maximum Gasteiger partial charge on any atom is 0.321 e. The van der Waals surface area contributed by atoms with Crippen molar-refractivity contribution in [3.05, 3.63) is 65.7 Å². The topological polar surface area (TPSA) is 70.7 Å². The van der Waals surface area contributed by atoms with Crippen LogP contribution >= 0.6 is 0 Å². The summed E-state index contributed by atoms with van der Waals surface area (Å²) >= 11 is 0. The first-order chi connectivity index (χ1) is 12.7. The normalized spacial score (nSPS) is 15.1. The number of amides is 3. The van der Waals surface area contributed by atoms with Gasteiger partial charge in [-0.25, -0.2) is 4.79 Å². The molecule has 0 fully saturated rings. The molecule has 3 amide bonds. The zero-order chi connectivity index (χ0) is 18.4. The van der Waals surface area contributed by atoms with Crippen molar-refractivity contribution >= 4 is 11.9 Å². The molecule has 0 aromatic heterocycles. The molecule has 3 rings (SSSR count). The summed E-state index contributed by atoms with van der Waals surface area (Å²) in [5.41, 5.74) is 1.87. The molecule has 0 bridgehead atoms. The van der Waals surface area contributed by atoms with E-state index >= 15 is 0 Å². The van der Waals surface area contributed by atoms with Crippen molar-refractivity contribution in [2.45, 2.75) is 19.5 Å². The Labute approximate surface area is 153 Å². The summed E-state index contributed by atoms with van der Waals surface area (Å²) < 4.78 is 5.81. The molecule has 2 aromatic rings. The Morgan fingerprint density at radius 3 is 2.62 bits per heavy atom. The van der Waals surface area contributed by atoms with Crippen LogP contribution in [0, 0.1) is 0 Å². The van der Waals surface area contributed by atoms with Crippen LogP contribution in [0.15, 0.2) is 54.6 Å². The molecule has 6 nitrogen and oxygen atoms in total. The Bertz CT molecular complexity index is 764. The van der Waals surface area contributed by atoms with Gasteiger partial charge in [-0.3, -0.25) is 15.0 Å². The fourth-order valence-corrected chi connectivity index (χ4v) is 3.11. The van der Waals surface area contributed by atoms with Crippen LogP contribution in [0.25, 0.3) is 0 Å². The third-order valence-electron chi connectivity index (χ3n) is 4.28. The quantitative estimate of drug-likeness (QED) is 0.886. The molecule has 0 saturated heterocycles. The van der Waals surface area contributed by atoms with E-state index in [1.54, 1.807) is 0 Å². The number of carbonyl (C=O) groups is 2. The first-order valence-electron chi connectivity index (χ1n) is 8.77. The van der Waals surface area contributed by atoms with Crippen LogP contribution in [0.5, 0.6) is 5.75 Å². The second-order valence-electron chi connectivity index (χ2n) is 6.09. The molecule has 1 atom stereocenters. The summed E-state index contributed by atoms with van der Waals surface area (Å²) in [6, 6.07) is 16.3.